The van der Waals surface area contributed by atoms with E-state index >= 15 is 0 Å². The minimum atomic E-state index is -0.307. The van der Waals surface area contributed by atoms with Crippen LogP contribution in [0, 0.1) is 13.8 Å². The van der Waals surface area contributed by atoms with E-state index in [0.717, 1.165) is 22.5 Å². The maximum atomic E-state index is 12.2. The van der Waals surface area contributed by atoms with Gasteiger partial charge in [-0.1, -0.05) is 17.7 Å². The zero-order valence-corrected chi connectivity index (χ0v) is 15.1. The first-order chi connectivity index (χ1) is 11.9. The Labute approximate surface area is 151 Å². The van der Waals surface area contributed by atoms with Crippen LogP contribution in [-0.4, -0.2) is 15.8 Å². The molecule has 128 valence electrons. The highest BCUT2D eigenvalue weighted by Crippen LogP contribution is 2.27. The fourth-order valence-corrected chi connectivity index (χ4v) is 2.79. The van der Waals surface area contributed by atoms with Crippen LogP contribution in [0.2, 0.25) is 5.02 Å². The van der Waals surface area contributed by atoms with E-state index in [1.54, 1.807) is 24.3 Å². The monoisotopic (exact) mass is 354 g/mol. The predicted molar refractivity (Wildman–Crippen MR) is 102 cm³/mol. The molecule has 0 atom stereocenters. The molecule has 0 unspecified atom stereocenters. The van der Waals surface area contributed by atoms with E-state index in [1.165, 1.54) is 0 Å². The number of hydrogen-bond donors (Lipinski definition) is 2. The second kappa shape index (κ2) is 6.99. The molecule has 2 amide bonds. The van der Waals surface area contributed by atoms with Gasteiger partial charge in [-0.15, -0.1) is 0 Å². The predicted octanol–water partition coefficient (Wildman–Crippen LogP) is 5.00. The average molecular weight is 355 g/mol. The van der Waals surface area contributed by atoms with Gasteiger partial charge in [0, 0.05) is 29.0 Å². The van der Waals surface area contributed by atoms with Crippen LogP contribution in [0.25, 0.3) is 11.3 Å². The summed E-state index contributed by atoms with van der Waals surface area (Å²) in [4.78, 5) is 12.2. The fourth-order valence-electron chi connectivity index (χ4n) is 2.67. The molecule has 3 rings (SSSR count). The van der Waals surface area contributed by atoms with Gasteiger partial charge >= 0.3 is 6.03 Å². The van der Waals surface area contributed by atoms with Crippen LogP contribution in [0.3, 0.4) is 0 Å². The number of amides is 2. The lowest BCUT2D eigenvalue weighted by Crippen LogP contribution is -2.19. The van der Waals surface area contributed by atoms with Crippen LogP contribution in [-0.2, 0) is 7.05 Å². The molecule has 5 nitrogen and oxygen atoms in total. The number of nitrogens with one attached hydrogen (secondary N) is 2. The molecule has 0 aliphatic rings. The van der Waals surface area contributed by atoms with Gasteiger partial charge in [-0.2, -0.15) is 5.10 Å². The number of carbonyl (C=O) groups is 1. The first-order valence-corrected chi connectivity index (χ1v) is 8.25. The Kier molecular flexibility index (Phi) is 4.76. The normalized spacial score (nSPS) is 10.6. The number of hydrogen-bond acceptors (Lipinski definition) is 2. The van der Waals surface area contributed by atoms with E-state index in [0.29, 0.717) is 16.4 Å². The SMILES string of the molecule is Cc1cc(-c2cc(NC(=O)Nc3ccc(Cl)cc3)ccc2C)n(C)n1. The first kappa shape index (κ1) is 17.0. The molecular weight excluding hydrogens is 336 g/mol. The molecule has 0 bridgehead atoms. The van der Waals surface area contributed by atoms with Gasteiger partial charge in [-0.05, 0) is 61.9 Å². The van der Waals surface area contributed by atoms with E-state index in [-0.39, 0.29) is 6.03 Å². The molecule has 2 N–H and O–H groups in total. The molecule has 6 heteroatoms. The highest BCUT2D eigenvalue weighted by atomic mass is 35.5. The van der Waals surface area contributed by atoms with Crippen LogP contribution >= 0.6 is 11.6 Å². The van der Waals surface area contributed by atoms with Crippen LogP contribution in [0.5, 0.6) is 0 Å². The molecule has 2 aromatic carbocycles. The minimum Gasteiger partial charge on any atom is -0.308 e. The van der Waals surface area contributed by atoms with E-state index in [1.807, 2.05) is 49.8 Å². The minimum absolute atomic E-state index is 0.307. The Morgan fingerprint density at radius 2 is 1.64 bits per heavy atom. The van der Waals surface area contributed by atoms with Crippen molar-refractivity contribution in [3.8, 4) is 11.3 Å². The zero-order chi connectivity index (χ0) is 18.0. The van der Waals surface area contributed by atoms with Crippen molar-refractivity contribution in [1.29, 1.82) is 0 Å². The van der Waals surface area contributed by atoms with Gasteiger partial charge in [0.15, 0.2) is 0 Å². The van der Waals surface area contributed by atoms with Gasteiger partial charge in [-0.3, -0.25) is 4.68 Å². The molecule has 0 fully saturated rings. The third-order valence-corrected chi connectivity index (χ3v) is 4.13. The highest BCUT2D eigenvalue weighted by molar-refractivity contribution is 6.30. The number of carbonyl (C=O) groups excluding carboxylic acids is 1. The molecule has 25 heavy (non-hydrogen) atoms. The van der Waals surface area contributed by atoms with E-state index in [4.69, 9.17) is 11.6 Å². The van der Waals surface area contributed by atoms with Crippen molar-refractivity contribution in [3.05, 3.63) is 64.8 Å². The summed E-state index contributed by atoms with van der Waals surface area (Å²) in [6.45, 7) is 4.00. The quantitative estimate of drug-likeness (QED) is 0.695. The van der Waals surface area contributed by atoms with Crippen molar-refractivity contribution in [3.63, 3.8) is 0 Å². The van der Waals surface area contributed by atoms with Crippen LogP contribution in [0.1, 0.15) is 11.3 Å². The van der Waals surface area contributed by atoms with Gasteiger partial charge in [0.25, 0.3) is 0 Å². The van der Waals surface area contributed by atoms with E-state index in [2.05, 4.69) is 15.7 Å². The second-order valence-electron chi connectivity index (χ2n) is 5.91. The van der Waals surface area contributed by atoms with E-state index in [9.17, 15) is 4.79 Å². The molecule has 0 saturated heterocycles. The van der Waals surface area contributed by atoms with Crippen molar-refractivity contribution in [1.82, 2.24) is 9.78 Å². The number of anilines is 2. The summed E-state index contributed by atoms with van der Waals surface area (Å²) in [5.41, 5.74) is 5.51. The maximum absolute atomic E-state index is 12.2. The summed E-state index contributed by atoms with van der Waals surface area (Å²) in [7, 11) is 1.91. The smallest absolute Gasteiger partial charge is 0.308 e. The molecule has 1 heterocycles. The van der Waals surface area contributed by atoms with Crippen molar-refractivity contribution >= 4 is 29.0 Å². The third kappa shape index (κ3) is 4.00. The number of halogens is 1. The van der Waals surface area contributed by atoms with Crippen LogP contribution in [0.4, 0.5) is 16.2 Å². The lowest BCUT2D eigenvalue weighted by Gasteiger charge is -2.11. The molecule has 0 aliphatic heterocycles. The van der Waals surface area contributed by atoms with Crippen molar-refractivity contribution in [2.24, 2.45) is 7.05 Å². The summed E-state index contributed by atoms with van der Waals surface area (Å²) in [5.74, 6) is 0. The fraction of sp³-hybridized carbons (Fsp3) is 0.158. The van der Waals surface area contributed by atoms with Gasteiger partial charge in [-0.25, -0.2) is 4.79 Å². The molecule has 1 aromatic heterocycles. The largest absolute Gasteiger partial charge is 0.323 e. The van der Waals surface area contributed by atoms with E-state index < -0.39 is 0 Å². The first-order valence-electron chi connectivity index (χ1n) is 7.87. The average Bonchev–Trinajstić information content (AvgIpc) is 2.90. The van der Waals surface area contributed by atoms with Crippen molar-refractivity contribution in [2.75, 3.05) is 10.6 Å². The van der Waals surface area contributed by atoms with Gasteiger partial charge in [0.05, 0.1) is 11.4 Å². The summed E-state index contributed by atoms with van der Waals surface area (Å²) in [5, 5.41) is 10.7. The second-order valence-corrected chi connectivity index (χ2v) is 6.35. The maximum Gasteiger partial charge on any atom is 0.323 e. The number of aryl methyl sites for hydroxylation is 3. The van der Waals surface area contributed by atoms with Crippen molar-refractivity contribution < 1.29 is 4.79 Å². The Hall–Kier alpha value is -2.79. The summed E-state index contributed by atoms with van der Waals surface area (Å²) >= 11 is 5.85. The lowest BCUT2D eigenvalue weighted by molar-refractivity contribution is 0.262. The van der Waals surface area contributed by atoms with Crippen molar-refractivity contribution in [2.45, 2.75) is 13.8 Å². The molecular formula is C19H19ClN4O. The third-order valence-electron chi connectivity index (χ3n) is 3.88. The zero-order valence-electron chi connectivity index (χ0n) is 14.3. The van der Waals surface area contributed by atoms with Crippen LogP contribution < -0.4 is 10.6 Å². The lowest BCUT2D eigenvalue weighted by atomic mass is 10.0. The Morgan fingerprint density at radius 3 is 2.28 bits per heavy atom. The summed E-state index contributed by atoms with van der Waals surface area (Å²) < 4.78 is 1.84. The number of urea groups is 1. The topological polar surface area (TPSA) is 59.0 Å². The molecule has 0 saturated carbocycles. The van der Waals surface area contributed by atoms with Gasteiger partial charge in [0.2, 0.25) is 0 Å². The Morgan fingerprint density at radius 1 is 1.00 bits per heavy atom. The number of rotatable bonds is 3. The van der Waals surface area contributed by atoms with Gasteiger partial charge in [0.1, 0.15) is 0 Å². The number of nitrogens with zero attached hydrogens (tertiary/aromatic N) is 2. The van der Waals surface area contributed by atoms with Gasteiger partial charge < -0.3 is 10.6 Å². The molecule has 0 aliphatic carbocycles. The highest BCUT2D eigenvalue weighted by Gasteiger charge is 2.10. The molecule has 3 aromatic rings. The number of aromatic nitrogens is 2. The Bertz CT molecular complexity index is 916. The van der Waals surface area contributed by atoms with Crippen LogP contribution in [0.15, 0.2) is 48.5 Å². The summed E-state index contributed by atoms with van der Waals surface area (Å²) in [6.07, 6.45) is 0. The standard InChI is InChI=1S/C19H19ClN4O/c1-12-4-7-16(11-17(12)18-10-13(2)23-24(18)3)22-19(25)21-15-8-5-14(20)6-9-15/h4-11H,1-3H3,(H2,21,22,25). The molecule has 0 spiro atoms. The number of benzene rings is 2. The molecule has 0 radical (unpaired) electrons. The summed E-state index contributed by atoms with van der Waals surface area (Å²) in [6, 6.07) is 14.5. The Balaban J connectivity index is 1.79.